The third-order valence-corrected chi connectivity index (χ3v) is 6.40. The minimum atomic E-state index is -3.59. The van der Waals surface area contributed by atoms with Crippen molar-refractivity contribution in [2.45, 2.75) is 24.3 Å². The summed E-state index contributed by atoms with van der Waals surface area (Å²) in [6, 6.07) is 6.72. The van der Waals surface area contributed by atoms with Gasteiger partial charge in [-0.3, -0.25) is 4.68 Å². The number of hydrogen-bond acceptors (Lipinski definition) is 4. The van der Waals surface area contributed by atoms with E-state index in [0.717, 1.165) is 16.8 Å². The lowest BCUT2D eigenvalue weighted by atomic mass is 10.0. The first-order chi connectivity index (χ1) is 11.0. The van der Waals surface area contributed by atoms with Gasteiger partial charge in [-0.05, 0) is 30.5 Å². The number of fused-ring (bicyclic) bond motifs is 1. The molecule has 0 N–H and O–H groups in total. The van der Waals surface area contributed by atoms with E-state index in [1.165, 1.54) is 0 Å². The summed E-state index contributed by atoms with van der Waals surface area (Å²) >= 11 is 0. The Bertz CT molecular complexity index is 814. The highest BCUT2D eigenvalue weighted by molar-refractivity contribution is 7.89. The Balaban J connectivity index is 2.08. The first-order valence-electron chi connectivity index (χ1n) is 7.54. The molecule has 2 heterocycles. The van der Waals surface area contributed by atoms with Gasteiger partial charge < -0.3 is 4.74 Å². The van der Waals surface area contributed by atoms with Crippen molar-refractivity contribution >= 4 is 10.0 Å². The van der Waals surface area contributed by atoms with E-state index < -0.39 is 10.0 Å². The summed E-state index contributed by atoms with van der Waals surface area (Å²) in [7, 11) is -0.164. The van der Waals surface area contributed by atoms with Crippen LogP contribution in [0.4, 0.5) is 0 Å². The van der Waals surface area contributed by atoms with Crippen LogP contribution in [0, 0.1) is 6.92 Å². The zero-order valence-electron chi connectivity index (χ0n) is 13.6. The van der Waals surface area contributed by atoms with E-state index in [1.807, 2.05) is 32.3 Å². The molecule has 7 heteroatoms. The lowest BCUT2D eigenvalue weighted by Crippen LogP contribution is -2.42. The van der Waals surface area contributed by atoms with Crippen molar-refractivity contribution in [3.8, 4) is 0 Å². The molecule has 0 saturated heterocycles. The average molecular weight is 335 g/mol. The molecule has 0 spiro atoms. The molecule has 124 valence electrons. The van der Waals surface area contributed by atoms with Gasteiger partial charge in [-0.1, -0.05) is 18.2 Å². The summed E-state index contributed by atoms with van der Waals surface area (Å²) in [5.74, 6) is 0. The van der Waals surface area contributed by atoms with E-state index in [4.69, 9.17) is 4.74 Å². The van der Waals surface area contributed by atoms with Gasteiger partial charge in [0.25, 0.3) is 0 Å². The molecule has 0 amide bonds. The van der Waals surface area contributed by atoms with E-state index in [9.17, 15) is 8.42 Å². The van der Waals surface area contributed by atoms with Gasteiger partial charge in [0.15, 0.2) is 0 Å². The van der Waals surface area contributed by atoms with Gasteiger partial charge in [0.2, 0.25) is 10.0 Å². The van der Waals surface area contributed by atoms with Gasteiger partial charge in [0.1, 0.15) is 0 Å². The van der Waals surface area contributed by atoms with Gasteiger partial charge in [-0.25, -0.2) is 8.42 Å². The van der Waals surface area contributed by atoms with Crippen LogP contribution < -0.4 is 0 Å². The standard InChI is InChI=1S/C16H21N3O3S/c1-12-6-4-5-7-15(12)23(20,21)19-9-8-13-10-17-18(2)16(13)14(19)11-22-3/h4-7,10,14H,8-9,11H2,1-3H3/t14-/m1/s1. The van der Waals surface area contributed by atoms with Crippen LogP contribution in [0.1, 0.15) is 22.9 Å². The molecule has 0 bridgehead atoms. The summed E-state index contributed by atoms with van der Waals surface area (Å²) in [5, 5.41) is 4.28. The smallest absolute Gasteiger partial charge is 0.244 e. The van der Waals surface area contributed by atoms with Crippen LogP contribution in [-0.4, -0.2) is 42.8 Å². The van der Waals surface area contributed by atoms with Crippen LogP contribution in [0.3, 0.4) is 0 Å². The second-order valence-electron chi connectivity index (χ2n) is 5.78. The highest BCUT2D eigenvalue weighted by atomic mass is 32.2. The van der Waals surface area contributed by atoms with Crippen molar-refractivity contribution in [2.75, 3.05) is 20.3 Å². The van der Waals surface area contributed by atoms with E-state index in [2.05, 4.69) is 5.10 Å². The van der Waals surface area contributed by atoms with Gasteiger partial charge >= 0.3 is 0 Å². The van der Waals surface area contributed by atoms with Crippen molar-refractivity contribution in [1.29, 1.82) is 0 Å². The molecule has 0 unspecified atom stereocenters. The number of ether oxygens (including phenoxy) is 1. The maximum Gasteiger partial charge on any atom is 0.244 e. The largest absolute Gasteiger partial charge is 0.383 e. The number of hydrogen-bond donors (Lipinski definition) is 0. The summed E-state index contributed by atoms with van der Waals surface area (Å²) in [5.41, 5.74) is 2.75. The van der Waals surface area contributed by atoms with Crippen LogP contribution in [0.5, 0.6) is 0 Å². The van der Waals surface area contributed by atoms with Crippen molar-refractivity contribution in [2.24, 2.45) is 7.05 Å². The molecular formula is C16H21N3O3S. The molecule has 6 nitrogen and oxygen atoms in total. The summed E-state index contributed by atoms with van der Waals surface area (Å²) < 4.78 is 35.0. The monoisotopic (exact) mass is 335 g/mol. The molecule has 2 aromatic rings. The zero-order valence-corrected chi connectivity index (χ0v) is 14.4. The number of rotatable bonds is 4. The second-order valence-corrected chi connectivity index (χ2v) is 7.64. The highest BCUT2D eigenvalue weighted by Gasteiger charge is 2.38. The maximum atomic E-state index is 13.2. The zero-order chi connectivity index (χ0) is 16.6. The molecule has 0 aliphatic carbocycles. The van der Waals surface area contributed by atoms with Crippen molar-refractivity contribution in [3.05, 3.63) is 47.3 Å². The Labute approximate surface area is 136 Å². The molecule has 3 rings (SSSR count). The number of aryl methyl sites for hydroxylation is 2. The molecule has 1 atom stereocenters. The molecule has 0 radical (unpaired) electrons. The molecule has 1 aliphatic heterocycles. The van der Waals surface area contributed by atoms with Crippen LogP contribution in [0.15, 0.2) is 35.4 Å². The first kappa shape index (κ1) is 16.2. The van der Waals surface area contributed by atoms with E-state index in [0.29, 0.717) is 24.5 Å². The average Bonchev–Trinajstić information content (AvgIpc) is 2.90. The molecule has 1 aromatic carbocycles. The van der Waals surface area contributed by atoms with Gasteiger partial charge in [-0.2, -0.15) is 9.40 Å². The fourth-order valence-corrected chi connectivity index (χ4v) is 5.02. The molecule has 1 aliphatic rings. The summed E-state index contributed by atoms with van der Waals surface area (Å²) in [6.07, 6.45) is 2.48. The summed E-state index contributed by atoms with van der Waals surface area (Å²) in [4.78, 5) is 0.353. The van der Waals surface area contributed by atoms with Crippen LogP contribution in [0.2, 0.25) is 0 Å². The predicted octanol–water partition coefficient (Wildman–Crippen LogP) is 1.66. The molecule has 23 heavy (non-hydrogen) atoms. The number of methoxy groups -OCH3 is 1. The van der Waals surface area contributed by atoms with Crippen molar-refractivity contribution in [3.63, 3.8) is 0 Å². The van der Waals surface area contributed by atoms with Crippen molar-refractivity contribution < 1.29 is 13.2 Å². The Hall–Kier alpha value is -1.70. The molecule has 0 fully saturated rings. The third kappa shape index (κ3) is 2.69. The van der Waals surface area contributed by atoms with Gasteiger partial charge in [0.05, 0.1) is 29.4 Å². The van der Waals surface area contributed by atoms with E-state index in [1.54, 1.807) is 28.2 Å². The molecule has 0 saturated carbocycles. The number of aromatic nitrogens is 2. The minimum Gasteiger partial charge on any atom is -0.383 e. The topological polar surface area (TPSA) is 64.4 Å². The van der Waals surface area contributed by atoms with Crippen LogP contribution in [-0.2, 0) is 28.2 Å². The van der Waals surface area contributed by atoms with E-state index in [-0.39, 0.29) is 6.04 Å². The summed E-state index contributed by atoms with van der Waals surface area (Å²) in [6.45, 7) is 2.55. The van der Waals surface area contributed by atoms with Gasteiger partial charge in [-0.15, -0.1) is 0 Å². The fraction of sp³-hybridized carbons (Fsp3) is 0.438. The van der Waals surface area contributed by atoms with E-state index >= 15 is 0 Å². The second kappa shape index (κ2) is 6.07. The predicted molar refractivity (Wildman–Crippen MR) is 86.6 cm³/mol. The lowest BCUT2D eigenvalue weighted by Gasteiger charge is -2.35. The molecule has 1 aromatic heterocycles. The Kier molecular flexibility index (Phi) is 4.27. The minimum absolute atomic E-state index is 0.303. The third-order valence-electron chi connectivity index (χ3n) is 4.33. The maximum absolute atomic E-state index is 13.2. The highest BCUT2D eigenvalue weighted by Crippen LogP contribution is 2.34. The molecular weight excluding hydrogens is 314 g/mol. The number of benzene rings is 1. The number of sulfonamides is 1. The Morgan fingerprint density at radius 1 is 1.35 bits per heavy atom. The number of nitrogens with zero attached hydrogens (tertiary/aromatic N) is 3. The Morgan fingerprint density at radius 3 is 2.78 bits per heavy atom. The lowest BCUT2D eigenvalue weighted by molar-refractivity contribution is 0.124. The van der Waals surface area contributed by atoms with Crippen molar-refractivity contribution in [1.82, 2.24) is 14.1 Å². The SMILES string of the molecule is COC[C@@H]1c2c(cnn2C)CCN1S(=O)(=O)c1ccccc1C. The fourth-order valence-electron chi connectivity index (χ4n) is 3.22. The normalized spacial score (nSPS) is 18.8. The first-order valence-corrected chi connectivity index (χ1v) is 8.98. The van der Waals surface area contributed by atoms with Crippen LogP contribution in [0.25, 0.3) is 0 Å². The quantitative estimate of drug-likeness (QED) is 0.852. The Morgan fingerprint density at radius 2 is 2.09 bits per heavy atom. The van der Waals surface area contributed by atoms with Gasteiger partial charge in [0, 0.05) is 20.7 Å². The van der Waals surface area contributed by atoms with Crippen LogP contribution >= 0.6 is 0 Å².